The maximum atomic E-state index is 14.5. The first kappa shape index (κ1) is 33.8. The molecule has 1 aliphatic carbocycles. The molecule has 0 atom stereocenters. The number of pyridine rings is 2. The van der Waals surface area contributed by atoms with Crippen LogP contribution in [0, 0.1) is 11.6 Å². The molecule has 1 amide bonds. The summed E-state index contributed by atoms with van der Waals surface area (Å²) in [4.78, 5) is 49.5. The van der Waals surface area contributed by atoms with Crippen LogP contribution in [-0.4, -0.2) is 54.6 Å². The molecule has 0 saturated heterocycles. The molecule has 0 bridgehead atoms. The molecular formula is C38H37F2N7O4. The van der Waals surface area contributed by atoms with Crippen LogP contribution in [0.3, 0.4) is 0 Å². The predicted molar refractivity (Wildman–Crippen MR) is 190 cm³/mol. The number of ether oxygens (including phenoxy) is 1. The van der Waals surface area contributed by atoms with Crippen molar-refractivity contribution >= 4 is 22.6 Å². The summed E-state index contributed by atoms with van der Waals surface area (Å²) >= 11 is 0. The third-order valence-corrected chi connectivity index (χ3v) is 9.15. The molecular weight excluding hydrogens is 656 g/mol. The number of amides is 1. The zero-order valence-electron chi connectivity index (χ0n) is 28.2. The number of fused-ring (bicyclic) bond motifs is 2. The summed E-state index contributed by atoms with van der Waals surface area (Å²) in [6, 6.07) is 18.5. The van der Waals surface area contributed by atoms with Gasteiger partial charge in [0.05, 0.1) is 17.3 Å². The lowest BCUT2D eigenvalue weighted by molar-refractivity contribution is 0.0917. The summed E-state index contributed by atoms with van der Waals surface area (Å²) in [5.74, 6) is -0.785. The smallest absolute Gasteiger partial charge is 0.337 e. The normalized spacial score (nSPS) is 16.2. The van der Waals surface area contributed by atoms with Gasteiger partial charge in [-0.25, -0.2) is 28.1 Å². The predicted octanol–water partition coefficient (Wildman–Crippen LogP) is 5.43. The first-order valence-corrected chi connectivity index (χ1v) is 17.0. The number of rotatable bonds is 10. The van der Waals surface area contributed by atoms with E-state index in [1.165, 1.54) is 38.1 Å². The lowest BCUT2D eigenvalue weighted by Gasteiger charge is -2.30. The number of carbonyl (C=O) groups is 1. The highest BCUT2D eigenvalue weighted by molar-refractivity contribution is 5.93. The van der Waals surface area contributed by atoms with Crippen LogP contribution in [0.25, 0.3) is 33.5 Å². The van der Waals surface area contributed by atoms with Gasteiger partial charge >= 0.3 is 5.69 Å². The van der Waals surface area contributed by atoms with Crippen molar-refractivity contribution < 1.29 is 18.3 Å². The molecule has 1 fully saturated rings. The van der Waals surface area contributed by atoms with E-state index >= 15 is 0 Å². The third kappa shape index (κ3) is 7.15. The van der Waals surface area contributed by atoms with Gasteiger partial charge in [-0.2, -0.15) is 0 Å². The largest absolute Gasteiger partial charge is 0.492 e. The number of aromatic nitrogens is 5. The summed E-state index contributed by atoms with van der Waals surface area (Å²) in [6.07, 6.45) is 5.54. The summed E-state index contributed by atoms with van der Waals surface area (Å²) < 4.78 is 38.0. The van der Waals surface area contributed by atoms with Crippen LogP contribution in [0.15, 0.2) is 94.9 Å². The topological polar surface area (TPSA) is 125 Å². The van der Waals surface area contributed by atoms with E-state index in [-0.39, 0.29) is 22.8 Å². The Morgan fingerprint density at radius 1 is 0.941 bits per heavy atom. The molecule has 262 valence electrons. The minimum atomic E-state index is -0.687. The maximum absolute atomic E-state index is 14.5. The van der Waals surface area contributed by atoms with Crippen LogP contribution in [0.2, 0.25) is 0 Å². The van der Waals surface area contributed by atoms with Crippen LogP contribution >= 0.6 is 0 Å². The Bertz CT molecular complexity index is 2340. The molecule has 4 aromatic heterocycles. The first-order valence-electron chi connectivity index (χ1n) is 17.0. The maximum Gasteiger partial charge on any atom is 0.337 e. The van der Waals surface area contributed by atoms with Crippen LogP contribution in [0.4, 0.5) is 8.78 Å². The van der Waals surface area contributed by atoms with Crippen molar-refractivity contribution in [3.05, 3.63) is 123 Å². The average Bonchev–Trinajstić information content (AvgIpc) is 3.55. The Balaban J connectivity index is 1.13. The van der Waals surface area contributed by atoms with Gasteiger partial charge in [-0.15, -0.1) is 0 Å². The van der Waals surface area contributed by atoms with Crippen molar-refractivity contribution in [2.24, 2.45) is 0 Å². The molecule has 0 spiro atoms. The zero-order valence-corrected chi connectivity index (χ0v) is 28.2. The summed E-state index contributed by atoms with van der Waals surface area (Å²) in [7, 11) is 0. The highest BCUT2D eigenvalue weighted by Crippen LogP contribution is 2.29. The molecule has 1 saturated carbocycles. The van der Waals surface area contributed by atoms with E-state index in [9.17, 15) is 23.2 Å². The van der Waals surface area contributed by atoms with Crippen LogP contribution < -0.4 is 26.6 Å². The van der Waals surface area contributed by atoms with Gasteiger partial charge in [0.2, 0.25) is 0 Å². The monoisotopic (exact) mass is 693 g/mol. The fourth-order valence-corrected chi connectivity index (χ4v) is 6.63. The summed E-state index contributed by atoms with van der Waals surface area (Å²) in [5, 5.41) is 6.29. The molecule has 4 heterocycles. The number of benzene rings is 2. The molecule has 0 unspecified atom stereocenters. The van der Waals surface area contributed by atoms with Gasteiger partial charge in [0.15, 0.2) is 5.65 Å². The molecule has 2 N–H and O–H groups in total. The van der Waals surface area contributed by atoms with Gasteiger partial charge in [0.25, 0.3) is 11.5 Å². The number of nitrogens with one attached hydrogen (secondary N) is 2. The average molecular weight is 694 g/mol. The van der Waals surface area contributed by atoms with Crippen molar-refractivity contribution in [3.8, 4) is 22.6 Å². The van der Waals surface area contributed by atoms with E-state index < -0.39 is 34.8 Å². The van der Waals surface area contributed by atoms with Crippen LogP contribution in [0.1, 0.15) is 56.1 Å². The molecule has 51 heavy (non-hydrogen) atoms. The van der Waals surface area contributed by atoms with Gasteiger partial charge in [0, 0.05) is 37.1 Å². The SMILES string of the molecule is CC(C)NCCOc1ccc(-c2cccc(-n3c(=O)n([C@H]4CC[C@@H](NC(=O)c5cn6cc(F)ccc6n5)CC4)c(=O)c4cc(F)cnc43)c2)cc1. The second-order valence-corrected chi connectivity index (χ2v) is 13.1. The van der Waals surface area contributed by atoms with Crippen molar-refractivity contribution in [2.45, 2.75) is 57.7 Å². The summed E-state index contributed by atoms with van der Waals surface area (Å²) in [5.41, 5.74) is 1.67. The lowest BCUT2D eigenvalue weighted by Crippen LogP contribution is -2.45. The van der Waals surface area contributed by atoms with Gasteiger partial charge in [-0.3, -0.25) is 14.2 Å². The number of hydrogen-bond donors (Lipinski definition) is 2. The zero-order chi connectivity index (χ0) is 35.6. The molecule has 1 aliphatic rings. The van der Waals surface area contributed by atoms with Gasteiger partial charge in [-0.1, -0.05) is 38.1 Å². The van der Waals surface area contributed by atoms with E-state index in [2.05, 4.69) is 34.4 Å². The standard InChI is InChI=1S/C38H37F2N7O4/c1-23(2)41-16-17-51-31-13-6-24(7-14-31)25-4-3-5-30(18-25)46-35-32(19-27(40)20-42-35)37(49)47(38(46)50)29-11-9-28(10-12-29)43-36(48)33-22-45-21-26(39)8-15-34(45)44-33/h3-8,13-15,18-23,28-29,41H,9-12,16-17H2,1-2H3,(H,43,48)/t28-,29+. The van der Waals surface area contributed by atoms with E-state index in [0.717, 1.165) is 35.7 Å². The fraction of sp³-hybridized carbons (Fsp3) is 0.289. The van der Waals surface area contributed by atoms with E-state index in [4.69, 9.17) is 4.74 Å². The van der Waals surface area contributed by atoms with Crippen molar-refractivity contribution in [1.82, 2.24) is 34.1 Å². The van der Waals surface area contributed by atoms with Gasteiger partial charge in [0.1, 0.15) is 35.3 Å². The van der Waals surface area contributed by atoms with Crippen molar-refractivity contribution in [1.29, 1.82) is 0 Å². The fourth-order valence-electron chi connectivity index (χ4n) is 6.63. The minimum absolute atomic E-state index is 0.00725. The second-order valence-electron chi connectivity index (χ2n) is 13.1. The highest BCUT2D eigenvalue weighted by atomic mass is 19.1. The summed E-state index contributed by atoms with van der Waals surface area (Å²) in [6.45, 7) is 5.43. The molecule has 11 nitrogen and oxygen atoms in total. The van der Waals surface area contributed by atoms with Crippen molar-refractivity contribution in [2.75, 3.05) is 13.2 Å². The Labute approximate surface area is 291 Å². The van der Waals surface area contributed by atoms with E-state index in [1.807, 2.05) is 42.5 Å². The molecule has 2 aromatic carbocycles. The molecule has 7 rings (SSSR count). The molecule has 13 heteroatoms. The minimum Gasteiger partial charge on any atom is -0.492 e. The highest BCUT2D eigenvalue weighted by Gasteiger charge is 2.28. The van der Waals surface area contributed by atoms with Gasteiger partial charge < -0.3 is 19.8 Å². The molecule has 6 aromatic rings. The quantitative estimate of drug-likeness (QED) is 0.184. The van der Waals surface area contributed by atoms with Crippen molar-refractivity contribution in [3.63, 3.8) is 0 Å². The Morgan fingerprint density at radius 3 is 2.49 bits per heavy atom. The Kier molecular flexibility index (Phi) is 9.46. The van der Waals surface area contributed by atoms with Crippen LogP contribution in [-0.2, 0) is 0 Å². The number of carbonyl (C=O) groups excluding carboxylic acids is 1. The Morgan fingerprint density at radius 2 is 1.73 bits per heavy atom. The Hall–Kier alpha value is -5.69. The number of nitrogens with zero attached hydrogens (tertiary/aromatic N) is 5. The van der Waals surface area contributed by atoms with Crippen LogP contribution in [0.5, 0.6) is 5.75 Å². The number of imidazole rings is 1. The second kappa shape index (κ2) is 14.3. The molecule has 0 aliphatic heterocycles. The first-order chi connectivity index (χ1) is 24.6. The third-order valence-electron chi connectivity index (χ3n) is 9.15. The number of hydrogen-bond acceptors (Lipinski definition) is 7. The number of halogens is 2. The molecule has 0 radical (unpaired) electrons. The van der Waals surface area contributed by atoms with E-state index in [1.54, 1.807) is 6.07 Å². The van der Waals surface area contributed by atoms with E-state index in [0.29, 0.717) is 49.7 Å². The van der Waals surface area contributed by atoms with Gasteiger partial charge in [-0.05, 0) is 79.3 Å². The lowest BCUT2D eigenvalue weighted by atomic mass is 9.90.